The second-order valence-corrected chi connectivity index (χ2v) is 4.02. The van der Waals surface area contributed by atoms with E-state index in [1.807, 2.05) is 0 Å². The summed E-state index contributed by atoms with van der Waals surface area (Å²) in [6.07, 6.45) is -4.40. The van der Waals surface area contributed by atoms with Crippen molar-refractivity contribution in [3.8, 4) is 11.6 Å². The number of ether oxygens (including phenoxy) is 1. The van der Waals surface area contributed by atoms with Gasteiger partial charge in [-0.15, -0.1) is 5.10 Å². The summed E-state index contributed by atoms with van der Waals surface area (Å²) in [5.74, 6) is 0.208. The molecule has 4 nitrogen and oxygen atoms in total. The van der Waals surface area contributed by atoms with Crippen LogP contribution in [0.2, 0.25) is 0 Å². The summed E-state index contributed by atoms with van der Waals surface area (Å²) in [6.45, 7) is 0.552. The summed E-state index contributed by atoms with van der Waals surface area (Å²) in [4.78, 5) is 0. The largest absolute Gasteiger partial charge is 0.438 e. The minimum Gasteiger partial charge on any atom is -0.438 e. The molecule has 0 amide bonds. The van der Waals surface area contributed by atoms with E-state index in [0.29, 0.717) is 12.2 Å². The van der Waals surface area contributed by atoms with Crippen LogP contribution < -0.4 is 10.1 Å². The average molecular weight is 283 g/mol. The fourth-order valence-electron chi connectivity index (χ4n) is 1.53. The second kappa shape index (κ2) is 5.87. The molecule has 1 aromatic carbocycles. The molecule has 0 aliphatic rings. The zero-order valence-corrected chi connectivity index (χ0v) is 10.6. The first-order valence-electron chi connectivity index (χ1n) is 5.81. The van der Waals surface area contributed by atoms with Crippen LogP contribution in [0.15, 0.2) is 36.4 Å². The lowest BCUT2D eigenvalue weighted by molar-refractivity contribution is -0.137. The van der Waals surface area contributed by atoms with Gasteiger partial charge < -0.3 is 10.1 Å². The van der Waals surface area contributed by atoms with Crippen LogP contribution in [-0.4, -0.2) is 17.2 Å². The molecule has 0 unspecified atom stereocenters. The van der Waals surface area contributed by atoms with Gasteiger partial charge in [0.05, 0.1) is 11.3 Å². The number of nitrogens with one attached hydrogen (secondary N) is 1. The molecule has 1 N–H and O–H groups in total. The zero-order valence-electron chi connectivity index (χ0n) is 10.6. The molecule has 0 bridgehead atoms. The van der Waals surface area contributed by atoms with Crippen LogP contribution >= 0.6 is 0 Å². The van der Waals surface area contributed by atoms with E-state index in [-0.39, 0.29) is 11.6 Å². The van der Waals surface area contributed by atoms with Gasteiger partial charge >= 0.3 is 6.18 Å². The summed E-state index contributed by atoms with van der Waals surface area (Å²) in [5.41, 5.74) is -0.0568. The van der Waals surface area contributed by atoms with E-state index in [4.69, 9.17) is 4.74 Å². The Bertz CT molecular complexity index is 570. The molecule has 0 aliphatic heterocycles. The van der Waals surface area contributed by atoms with E-state index < -0.39 is 11.7 Å². The van der Waals surface area contributed by atoms with Crippen LogP contribution in [0.4, 0.5) is 13.2 Å². The molecule has 1 aromatic heterocycles. The summed E-state index contributed by atoms with van der Waals surface area (Å²) in [7, 11) is 1.77. The second-order valence-electron chi connectivity index (χ2n) is 4.02. The summed E-state index contributed by atoms with van der Waals surface area (Å²) in [5, 5.41) is 10.6. The predicted octanol–water partition coefficient (Wildman–Crippen LogP) is 3.01. The van der Waals surface area contributed by atoms with Gasteiger partial charge in [-0.3, -0.25) is 0 Å². The summed E-state index contributed by atoms with van der Waals surface area (Å²) >= 11 is 0. The number of alkyl halides is 3. The van der Waals surface area contributed by atoms with Crippen LogP contribution in [0.1, 0.15) is 11.3 Å². The number of rotatable bonds is 4. The van der Waals surface area contributed by atoms with Gasteiger partial charge in [-0.05, 0) is 31.3 Å². The highest BCUT2D eigenvalue weighted by atomic mass is 19.4. The molecular formula is C13H12F3N3O. The Morgan fingerprint density at radius 1 is 1.15 bits per heavy atom. The zero-order chi connectivity index (χ0) is 14.6. The van der Waals surface area contributed by atoms with Crippen LogP contribution in [0.3, 0.4) is 0 Å². The van der Waals surface area contributed by atoms with Crippen LogP contribution in [0.5, 0.6) is 11.6 Å². The molecule has 20 heavy (non-hydrogen) atoms. The first-order chi connectivity index (χ1) is 9.49. The van der Waals surface area contributed by atoms with Crippen LogP contribution in [0, 0.1) is 0 Å². The van der Waals surface area contributed by atoms with E-state index >= 15 is 0 Å². The molecule has 7 heteroatoms. The number of hydrogen-bond donors (Lipinski definition) is 1. The van der Waals surface area contributed by atoms with Crippen molar-refractivity contribution < 1.29 is 17.9 Å². The van der Waals surface area contributed by atoms with Crippen molar-refractivity contribution in [1.29, 1.82) is 0 Å². The topological polar surface area (TPSA) is 47.0 Å². The van der Waals surface area contributed by atoms with Crippen LogP contribution in [0.25, 0.3) is 0 Å². The summed E-state index contributed by atoms with van der Waals surface area (Å²) in [6, 6.07) is 7.85. The van der Waals surface area contributed by atoms with Gasteiger partial charge in [-0.1, -0.05) is 6.07 Å². The molecule has 0 saturated heterocycles. The fourth-order valence-corrected chi connectivity index (χ4v) is 1.53. The van der Waals surface area contributed by atoms with Crippen molar-refractivity contribution in [2.45, 2.75) is 12.7 Å². The SMILES string of the molecule is CNCc1ccc(Oc2cccc(C(F)(F)F)c2)nn1. The van der Waals surface area contributed by atoms with Gasteiger partial charge in [0, 0.05) is 12.6 Å². The van der Waals surface area contributed by atoms with Crippen LogP contribution in [-0.2, 0) is 12.7 Å². The van der Waals surface area contributed by atoms with Crippen molar-refractivity contribution in [2.75, 3.05) is 7.05 Å². The molecule has 0 spiro atoms. The Labute approximate surface area is 113 Å². The minimum absolute atomic E-state index is 0.0653. The summed E-state index contributed by atoms with van der Waals surface area (Å²) < 4.78 is 42.9. The molecule has 0 fully saturated rings. The molecule has 2 rings (SSSR count). The van der Waals surface area contributed by atoms with E-state index in [1.54, 1.807) is 19.2 Å². The fraction of sp³-hybridized carbons (Fsp3) is 0.231. The van der Waals surface area contributed by atoms with Crippen molar-refractivity contribution >= 4 is 0 Å². The highest BCUT2D eigenvalue weighted by Crippen LogP contribution is 2.32. The first kappa shape index (κ1) is 14.3. The Hall–Kier alpha value is -2.15. The third kappa shape index (κ3) is 3.67. The third-order valence-corrected chi connectivity index (χ3v) is 2.44. The molecule has 0 atom stereocenters. The Balaban J connectivity index is 2.13. The van der Waals surface area contributed by atoms with Crippen molar-refractivity contribution in [1.82, 2.24) is 15.5 Å². The molecule has 2 aromatic rings. The average Bonchev–Trinajstić information content (AvgIpc) is 2.41. The van der Waals surface area contributed by atoms with Crippen molar-refractivity contribution in [2.24, 2.45) is 0 Å². The lowest BCUT2D eigenvalue weighted by atomic mass is 10.2. The monoisotopic (exact) mass is 283 g/mol. The molecule has 0 saturated carbocycles. The van der Waals surface area contributed by atoms with Gasteiger partial charge in [0.15, 0.2) is 0 Å². The molecular weight excluding hydrogens is 271 g/mol. The van der Waals surface area contributed by atoms with Gasteiger partial charge in [0.1, 0.15) is 5.75 Å². The number of hydrogen-bond acceptors (Lipinski definition) is 4. The highest BCUT2D eigenvalue weighted by Gasteiger charge is 2.30. The van der Waals surface area contributed by atoms with Gasteiger partial charge in [0.2, 0.25) is 5.88 Å². The Kier molecular flexibility index (Phi) is 4.19. The quantitative estimate of drug-likeness (QED) is 0.937. The normalized spacial score (nSPS) is 11.4. The third-order valence-electron chi connectivity index (χ3n) is 2.44. The smallest absolute Gasteiger partial charge is 0.416 e. The minimum atomic E-state index is -4.40. The molecule has 0 aliphatic carbocycles. The molecule has 0 radical (unpaired) electrons. The van der Waals surface area contributed by atoms with Crippen molar-refractivity contribution in [3.05, 3.63) is 47.7 Å². The maximum atomic E-state index is 12.6. The van der Waals surface area contributed by atoms with E-state index in [1.165, 1.54) is 12.1 Å². The van der Waals surface area contributed by atoms with E-state index in [9.17, 15) is 13.2 Å². The van der Waals surface area contributed by atoms with Crippen molar-refractivity contribution in [3.63, 3.8) is 0 Å². The molecule has 106 valence electrons. The lowest BCUT2D eigenvalue weighted by Gasteiger charge is -2.09. The van der Waals surface area contributed by atoms with E-state index in [2.05, 4.69) is 15.5 Å². The van der Waals surface area contributed by atoms with Gasteiger partial charge in [-0.2, -0.15) is 18.3 Å². The standard InChI is InChI=1S/C13H12F3N3O/c1-17-8-10-5-6-12(19-18-10)20-11-4-2-3-9(7-11)13(14,15)16/h2-7,17H,8H2,1H3. The predicted molar refractivity (Wildman–Crippen MR) is 66.3 cm³/mol. The van der Waals surface area contributed by atoms with Gasteiger partial charge in [-0.25, -0.2) is 0 Å². The number of nitrogens with zero attached hydrogens (tertiary/aromatic N) is 2. The number of aromatic nitrogens is 2. The Morgan fingerprint density at radius 2 is 1.95 bits per heavy atom. The lowest BCUT2D eigenvalue weighted by Crippen LogP contribution is -2.07. The maximum absolute atomic E-state index is 12.6. The highest BCUT2D eigenvalue weighted by molar-refractivity contribution is 5.32. The molecule has 1 heterocycles. The first-order valence-corrected chi connectivity index (χ1v) is 5.81. The number of benzene rings is 1. The van der Waals surface area contributed by atoms with E-state index in [0.717, 1.165) is 12.1 Å². The number of halogens is 3. The maximum Gasteiger partial charge on any atom is 0.416 e. The Morgan fingerprint density at radius 3 is 2.55 bits per heavy atom. The van der Waals surface area contributed by atoms with Gasteiger partial charge in [0.25, 0.3) is 0 Å².